The van der Waals surface area contributed by atoms with Crippen molar-refractivity contribution in [3.8, 4) is 0 Å². The van der Waals surface area contributed by atoms with Crippen LogP contribution in [0.1, 0.15) is 15.9 Å². The van der Waals surface area contributed by atoms with Crippen LogP contribution in [0.2, 0.25) is 0 Å². The largest absolute Gasteiger partial charge is 0.272 e. The molecule has 0 spiro atoms. The number of aromatic nitrogens is 3. The van der Waals surface area contributed by atoms with E-state index in [1.807, 2.05) is 0 Å². The molecule has 1 heterocycles. The lowest BCUT2D eigenvalue weighted by Crippen LogP contribution is -2.18. The quantitative estimate of drug-likeness (QED) is 0.413. The molecule has 0 aliphatic rings. The molecule has 4 nitrogen and oxygen atoms in total. The molecule has 0 bridgehead atoms. The number of halogens is 4. The number of carbonyl (C=O) groups is 1. The minimum Gasteiger partial charge on any atom is -0.272 e. The molecule has 0 unspecified atom stereocenters. The maximum atomic E-state index is 14.0. The summed E-state index contributed by atoms with van der Waals surface area (Å²) in [5.41, 5.74) is -0.762. The lowest BCUT2D eigenvalue weighted by molar-refractivity contribution is 0.0898. The molecule has 0 aliphatic carbocycles. The van der Waals surface area contributed by atoms with Crippen LogP contribution in [0.15, 0.2) is 24.3 Å². The van der Waals surface area contributed by atoms with Crippen LogP contribution < -0.4 is 0 Å². The van der Waals surface area contributed by atoms with E-state index in [2.05, 4.69) is 10.3 Å². The molecule has 0 N–H and O–H groups in total. The standard InChI is InChI=1S/C15H9F4N3O/c1-7-12(16)8(14(18)15(19)13(7)17)6-11(23)22-10-5-3-2-4-9(10)20-21-22/h2-5H,6H2,1H3. The van der Waals surface area contributed by atoms with Crippen molar-refractivity contribution in [2.75, 3.05) is 0 Å². The Morgan fingerprint density at radius 2 is 1.74 bits per heavy atom. The van der Waals surface area contributed by atoms with E-state index in [0.29, 0.717) is 11.0 Å². The molecule has 0 saturated carbocycles. The van der Waals surface area contributed by atoms with E-state index in [1.54, 1.807) is 24.3 Å². The summed E-state index contributed by atoms with van der Waals surface area (Å²) in [5.74, 6) is -7.25. The molecular formula is C15H9F4N3O. The fourth-order valence-electron chi connectivity index (χ4n) is 2.25. The van der Waals surface area contributed by atoms with Gasteiger partial charge < -0.3 is 0 Å². The molecule has 3 aromatic rings. The number of hydrogen-bond acceptors (Lipinski definition) is 3. The van der Waals surface area contributed by atoms with Crippen molar-refractivity contribution in [3.05, 3.63) is 58.7 Å². The Morgan fingerprint density at radius 3 is 2.48 bits per heavy atom. The number of fused-ring (bicyclic) bond motifs is 1. The number of para-hydroxylation sites is 1. The van der Waals surface area contributed by atoms with Gasteiger partial charge in [0.05, 0.1) is 11.9 Å². The molecule has 1 aromatic heterocycles. The maximum absolute atomic E-state index is 14.0. The molecule has 0 aliphatic heterocycles. The van der Waals surface area contributed by atoms with E-state index < -0.39 is 46.7 Å². The number of carbonyl (C=O) groups excluding carboxylic acids is 1. The van der Waals surface area contributed by atoms with Gasteiger partial charge in [-0.3, -0.25) is 4.79 Å². The molecule has 0 radical (unpaired) electrons. The average Bonchev–Trinajstić information content (AvgIpc) is 2.99. The smallest absolute Gasteiger partial charge is 0.253 e. The lowest BCUT2D eigenvalue weighted by Gasteiger charge is -2.09. The highest BCUT2D eigenvalue weighted by atomic mass is 19.2. The van der Waals surface area contributed by atoms with Crippen LogP contribution in [0.4, 0.5) is 17.6 Å². The molecule has 23 heavy (non-hydrogen) atoms. The topological polar surface area (TPSA) is 47.8 Å². The van der Waals surface area contributed by atoms with Crippen LogP contribution in [0, 0.1) is 30.2 Å². The second-order valence-electron chi connectivity index (χ2n) is 4.92. The number of nitrogens with zero attached hydrogens (tertiary/aromatic N) is 3. The fourth-order valence-corrected chi connectivity index (χ4v) is 2.25. The van der Waals surface area contributed by atoms with Gasteiger partial charge in [-0.1, -0.05) is 17.3 Å². The zero-order chi connectivity index (χ0) is 16.7. The third kappa shape index (κ3) is 2.36. The zero-order valence-electron chi connectivity index (χ0n) is 11.8. The van der Waals surface area contributed by atoms with Crippen molar-refractivity contribution in [2.45, 2.75) is 13.3 Å². The monoisotopic (exact) mass is 323 g/mol. The number of hydrogen-bond donors (Lipinski definition) is 0. The number of benzene rings is 2. The summed E-state index contributed by atoms with van der Waals surface area (Å²) >= 11 is 0. The van der Waals surface area contributed by atoms with Crippen molar-refractivity contribution in [1.82, 2.24) is 15.0 Å². The minimum absolute atomic E-state index is 0.345. The van der Waals surface area contributed by atoms with Gasteiger partial charge in [-0.15, -0.1) is 5.10 Å². The minimum atomic E-state index is -1.81. The van der Waals surface area contributed by atoms with Crippen LogP contribution in [-0.2, 0) is 6.42 Å². The first-order valence-electron chi connectivity index (χ1n) is 6.57. The summed E-state index contributed by atoms with van der Waals surface area (Å²) in [6.07, 6.45) is -0.816. The van der Waals surface area contributed by atoms with Gasteiger partial charge in [0, 0.05) is 11.1 Å². The molecule has 0 saturated heterocycles. The van der Waals surface area contributed by atoms with Gasteiger partial charge in [0.15, 0.2) is 17.5 Å². The Balaban J connectivity index is 2.04. The Kier molecular flexibility index (Phi) is 3.59. The Hall–Kier alpha value is -2.77. The summed E-state index contributed by atoms with van der Waals surface area (Å²) in [6.45, 7) is 0.964. The van der Waals surface area contributed by atoms with E-state index in [-0.39, 0.29) is 0 Å². The Labute approximate surface area is 127 Å². The first-order chi connectivity index (χ1) is 10.9. The van der Waals surface area contributed by atoms with Gasteiger partial charge in [-0.2, -0.15) is 4.68 Å². The van der Waals surface area contributed by atoms with E-state index in [4.69, 9.17) is 0 Å². The summed E-state index contributed by atoms with van der Waals surface area (Å²) in [5, 5.41) is 7.36. The van der Waals surface area contributed by atoms with E-state index in [9.17, 15) is 22.4 Å². The van der Waals surface area contributed by atoms with Gasteiger partial charge in [-0.25, -0.2) is 17.6 Å². The van der Waals surface area contributed by atoms with Crippen LogP contribution in [-0.4, -0.2) is 20.9 Å². The molecule has 0 amide bonds. The van der Waals surface area contributed by atoms with Crippen molar-refractivity contribution < 1.29 is 22.4 Å². The Bertz CT molecular complexity index is 907. The summed E-state index contributed by atoms with van der Waals surface area (Å²) in [7, 11) is 0. The molecular weight excluding hydrogens is 314 g/mol. The van der Waals surface area contributed by atoms with Crippen LogP contribution in [0.3, 0.4) is 0 Å². The van der Waals surface area contributed by atoms with Crippen molar-refractivity contribution >= 4 is 16.9 Å². The van der Waals surface area contributed by atoms with Gasteiger partial charge >= 0.3 is 0 Å². The predicted molar refractivity (Wildman–Crippen MR) is 72.9 cm³/mol. The first kappa shape index (κ1) is 15.1. The highest BCUT2D eigenvalue weighted by molar-refractivity contribution is 5.90. The zero-order valence-corrected chi connectivity index (χ0v) is 11.8. The third-order valence-corrected chi connectivity index (χ3v) is 3.49. The van der Waals surface area contributed by atoms with Gasteiger partial charge in [0.25, 0.3) is 5.91 Å². The maximum Gasteiger partial charge on any atom is 0.253 e. The van der Waals surface area contributed by atoms with Crippen LogP contribution in [0.25, 0.3) is 11.0 Å². The van der Waals surface area contributed by atoms with Crippen molar-refractivity contribution in [3.63, 3.8) is 0 Å². The van der Waals surface area contributed by atoms with Crippen molar-refractivity contribution in [1.29, 1.82) is 0 Å². The molecule has 3 rings (SSSR count). The predicted octanol–water partition coefficient (Wildman–Crippen LogP) is 3.18. The third-order valence-electron chi connectivity index (χ3n) is 3.49. The number of rotatable bonds is 2. The Morgan fingerprint density at radius 1 is 1.04 bits per heavy atom. The summed E-state index contributed by atoms with van der Waals surface area (Å²) in [6, 6.07) is 6.48. The van der Waals surface area contributed by atoms with Crippen molar-refractivity contribution in [2.24, 2.45) is 0 Å². The summed E-state index contributed by atoms with van der Waals surface area (Å²) in [4.78, 5) is 12.2. The average molecular weight is 323 g/mol. The highest BCUT2D eigenvalue weighted by Gasteiger charge is 2.25. The van der Waals surface area contributed by atoms with Crippen LogP contribution in [0.5, 0.6) is 0 Å². The lowest BCUT2D eigenvalue weighted by atomic mass is 10.1. The summed E-state index contributed by atoms with van der Waals surface area (Å²) < 4.78 is 55.3. The SMILES string of the molecule is Cc1c(F)c(F)c(F)c(CC(=O)n2nnc3ccccc32)c1F. The molecule has 2 aromatic carbocycles. The van der Waals surface area contributed by atoms with Crippen LogP contribution >= 0.6 is 0 Å². The van der Waals surface area contributed by atoms with E-state index >= 15 is 0 Å². The molecule has 0 fully saturated rings. The molecule has 0 atom stereocenters. The van der Waals surface area contributed by atoms with E-state index in [1.165, 1.54) is 0 Å². The normalized spacial score (nSPS) is 11.2. The fraction of sp³-hybridized carbons (Fsp3) is 0.133. The van der Waals surface area contributed by atoms with Gasteiger partial charge in [0.1, 0.15) is 11.3 Å². The second kappa shape index (κ2) is 5.45. The molecule has 8 heteroatoms. The second-order valence-corrected chi connectivity index (χ2v) is 4.92. The van der Waals surface area contributed by atoms with E-state index in [0.717, 1.165) is 11.6 Å². The highest BCUT2D eigenvalue weighted by Crippen LogP contribution is 2.24. The first-order valence-corrected chi connectivity index (χ1v) is 6.57. The van der Waals surface area contributed by atoms with Gasteiger partial charge in [-0.05, 0) is 19.1 Å². The molecule has 118 valence electrons. The van der Waals surface area contributed by atoms with Gasteiger partial charge in [0.2, 0.25) is 0 Å².